The molecule has 3 aromatic rings. The minimum Gasteiger partial charge on any atom is -0.349 e. The fourth-order valence-corrected chi connectivity index (χ4v) is 3.53. The van der Waals surface area contributed by atoms with E-state index in [2.05, 4.69) is 20.5 Å². The van der Waals surface area contributed by atoms with E-state index < -0.39 is 0 Å². The summed E-state index contributed by atoms with van der Waals surface area (Å²) < 4.78 is 3.14. The molecule has 3 aromatic heterocycles. The van der Waals surface area contributed by atoms with Gasteiger partial charge in [0.1, 0.15) is 0 Å². The fraction of sp³-hybridized carbons (Fsp3) is 0.412. The predicted octanol–water partition coefficient (Wildman–Crippen LogP) is 0.801. The summed E-state index contributed by atoms with van der Waals surface area (Å²) >= 11 is 0. The van der Waals surface area contributed by atoms with Crippen molar-refractivity contribution in [2.24, 2.45) is 7.05 Å². The molecule has 25 heavy (non-hydrogen) atoms. The molecule has 1 aliphatic carbocycles. The summed E-state index contributed by atoms with van der Waals surface area (Å²) in [6, 6.07) is 1.68. The predicted molar refractivity (Wildman–Crippen MR) is 91.3 cm³/mol. The highest BCUT2D eigenvalue weighted by Crippen LogP contribution is 2.28. The molecule has 0 spiro atoms. The molecule has 8 nitrogen and oxygen atoms in total. The molecule has 0 saturated carbocycles. The monoisotopic (exact) mass is 340 g/mol. The zero-order valence-corrected chi connectivity index (χ0v) is 14.2. The van der Waals surface area contributed by atoms with Gasteiger partial charge in [0.15, 0.2) is 5.65 Å². The van der Waals surface area contributed by atoms with Crippen LogP contribution in [0.3, 0.4) is 0 Å². The van der Waals surface area contributed by atoms with Crippen LogP contribution in [0, 0.1) is 6.92 Å². The number of carbonyl (C=O) groups is 1. The van der Waals surface area contributed by atoms with Crippen LogP contribution in [0.15, 0.2) is 23.3 Å². The molecule has 0 radical (unpaired) electrons. The highest BCUT2D eigenvalue weighted by atomic mass is 16.2. The molecule has 1 aliphatic rings. The zero-order chi connectivity index (χ0) is 17.6. The van der Waals surface area contributed by atoms with Crippen LogP contribution in [-0.2, 0) is 24.7 Å². The number of hydrogen-bond acceptors (Lipinski definition) is 4. The molecule has 0 aliphatic heterocycles. The topological polar surface area (TPSA) is 97.1 Å². The molecule has 0 bridgehead atoms. The van der Waals surface area contributed by atoms with Crippen molar-refractivity contribution in [3.8, 4) is 0 Å². The maximum Gasteiger partial charge on any atom is 0.276 e. The maximum atomic E-state index is 12.6. The number of amides is 1. The van der Waals surface area contributed by atoms with Crippen LogP contribution in [-0.4, -0.2) is 30.3 Å². The first kappa shape index (κ1) is 15.6. The van der Waals surface area contributed by atoms with Crippen molar-refractivity contribution in [3.63, 3.8) is 0 Å². The summed E-state index contributed by atoms with van der Waals surface area (Å²) in [6.45, 7) is 1.76. The molecular formula is C17H20N6O2. The van der Waals surface area contributed by atoms with E-state index in [-0.39, 0.29) is 23.9 Å². The third-order valence-electron chi connectivity index (χ3n) is 4.74. The Morgan fingerprint density at radius 2 is 2.32 bits per heavy atom. The second-order valence-electron chi connectivity index (χ2n) is 6.53. The van der Waals surface area contributed by atoms with Crippen LogP contribution in [0.25, 0.3) is 5.65 Å². The lowest BCUT2D eigenvalue weighted by Crippen LogP contribution is -2.34. The molecule has 3 heterocycles. The summed E-state index contributed by atoms with van der Waals surface area (Å²) in [4.78, 5) is 29.5. The van der Waals surface area contributed by atoms with E-state index in [1.54, 1.807) is 23.9 Å². The number of fused-ring (bicyclic) bond motifs is 2. The first-order valence-electron chi connectivity index (χ1n) is 8.40. The molecule has 0 fully saturated rings. The van der Waals surface area contributed by atoms with Crippen molar-refractivity contribution in [2.45, 2.75) is 38.6 Å². The largest absolute Gasteiger partial charge is 0.349 e. The van der Waals surface area contributed by atoms with Crippen LogP contribution < -0.4 is 10.9 Å². The van der Waals surface area contributed by atoms with Crippen molar-refractivity contribution in [1.82, 2.24) is 29.7 Å². The molecule has 4 rings (SSSR count). The van der Waals surface area contributed by atoms with Gasteiger partial charge in [-0.2, -0.15) is 5.10 Å². The van der Waals surface area contributed by atoms with Crippen molar-refractivity contribution < 1.29 is 4.79 Å². The minimum atomic E-state index is -0.228. The molecule has 1 amide bonds. The van der Waals surface area contributed by atoms with E-state index in [9.17, 15) is 9.59 Å². The second-order valence-corrected chi connectivity index (χ2v) is 6.53. The summed E-state index contributed by atoms with van der Waals surface area (Å²) in [5.41, 5.74) is 3.45. The van der Waals surface area contributed by atoms with Gasteiger partial charge in [0.25, 0.3) is 5.56 Å². The van der Waals surface area contributed by atoms with Gasteiger partial charge >= 0.3 is 0 Å². The third-order valence-corrected chi connectivity index (χ3v) is 4.74. The highest BCUT2D eigenvalue weighted by molar-refractivity contribution is 5.79. The van der Waals surface area contributed by atoms with E-state index in [0.717, 1.165) is 30.5 Å². The van der Waals surface area contributed by atoms with Gasteiger partial charge in [-0.3, -0.25) is 19.4 Å². The average Bonchev–Trinajstić information content (AvgIpc) is 3.17. The zero-order valence-electron chi connectivity index (χ0n) is 14.2. The SMILES string of the molecule is Cc1nc2cc[nH]n2c(=O)c1CC(=O)NC1CCCc2nn(C)cc21. The number of carbonyl (C=O) groups excluding carboxylic acids is 1. The van der Waals surface area contributed by atoms with Crippen LogP contribution in [0.1, 0.15) is 41.4 Å². The lowest BCUT2D eigenvalue weighted by molar-refractivity contribution is -0.121. The Hall–Kier alpha value is -2.90. The molecule has 0 aromatic carbocycles. The van der Waals surface area contributed by atoms with Crippen molar-refractivity contribution in [2.75, 3.05) is 0 Å². The van der Waals surface area contributed by atoms with Gasteiger partial charge in [0.05, 0.1) is 18.2 Å². The van der Waals surface area contributed by atoms with Crippen LogP contribution in [0.4, 0.5) is 0 Å². The average molecular weight is 340 g/mol. The number of aromatic amines is 1. The van der Waals surface area contributed by atoms with Crippen molar-refractivity contribution in [3.05, 3.63) is 51.3 Å². The fourth-order valence-electron chi connectivity index (χ4n) is 3.53. The van der Waals surface area contributed by atoms with Gasteiger partial charge in [-0.05, 0) is 26.2 Å². The smallest absolute Gasteiger partial charge is 0.276 e. The summed E-state index contributed by atoms with van der Waals surface area (Å²) in [5, 5.41) is 10.3. The Labute approximate surface area is 143 Å². The number of aryl methyl sites for hydroxylation is 3. The van der Waals surface area contributed by atoms with Crippen LogP contribution >= 0.6 is 0 Å². The number of nitrogens with zero attached hydrogens (tertiary/aromatic N) is 4. The number of H-pyrrole nitrogens is 1. The summed E-state index contributed by atoms with van der Waals surface area (Å²) in [7, 11) is 1.89. The van der Waals surface area contributed by atoms with E-state index in [0.29, 0.717) is 16.9 Å². The number of aromatic nitrogens is 5. The Morgan fingerprint density at radius 3 is 3.16 bits per heavy atom. The molecule has 130 valence electrons. The lowest BCUT2D eigenvalue weighted by atomic mass is 9.93. The maximum absolute atomic E-state index is 12.6. The Balaban J connectivity index is 1.57. The lowest BCUT2D eigenvalue weighted by Gasteiger charge is -2.22. The molecule has 0 saturated heterocycles. The van der Waals surface area contributed by atoms with Gasteiger partial charge in [-0.1, -0.05) is 0 Å². The van der Waals surface area contributed by atoms with Gasteiger partial charge in [-0.15, -0.1) is 0 Å². The Kier molecular flexibility index (Phi) is 3.67. The summed E-state index contributed by atoms with van der Waals surface area (Å²) in [6.07, 6.45) is 6.45. The van der Waals surface area contributed by atoms with Crippen molar-refractivity contribution >= 4 is 11.6 Å². The van der Waals surface area contributed by atoms with Crippen LogP contribution in [0.5, 0.6) is 0 Å². The molecule has 8 heteroatoms. The first-order valence-corrected chi connectivity index (χ1v) is 8.40. The normalized spacial score (nSPS) is 16.8. The minimum absolute atomic E-state index is 0.0196. The van der Waals surface area contributed by atoms with Gasteiger partial charge in [0.2, 0.25) is 5.91 Å². The Bertz CT molecular complexity index is 1010. The van der Waals surface area contributed by atoms with E-state index in [1.165, 1.54) is 4.52 Å². The van der Waals surface area contributed by atoms with Gasteiger partial charge in [0, 0.05) is 42.3 Å². The van der Waals surface area contributed by atoms with E-state index in [4.69, 9.17) is 0 Å². The Morgan fingerprint density at radius 1 is 1.48 bits per heavy atom. The second kappa shape index (κ2) is 5.87. The third kappa shape index (κ3) is 2.73. The van der Waals surface area contributed by atoms with E-state index in [1.807, 2.05) is 13.2 Å². The van der Waals surface area contributed by atoms with Gasteiger partial charge < -0.3 is 5.32 Å². The van der Waals surface area contributed by atoms with Crippen molar-refractivity contribution in [1.29, 1.82) is 0 Å². The molecule has 2 N–H and O–H groups in total. The molecule has 1 atom stereocenters. The summed E-state index contributed by atoms with van der Waals surface area (Å²) in [5.74, 6) is -0.171. The highest BCUT2D eigenvalue weighted by Gasteiger charge is 2.25. The number of hydrogen-bond donors (Lipinski definition) is 2. The standard InChI is InChI=1S/C17H20N6O2/c1-10-11(17(25)23-15(19-10)6-7-18-23)8-16(24)20-13-4-3-5-14-12(13)9-22(2)21-14/h6-7,9,13,18H,3-5,8H2,1-2H3,(H,20,24). The van der Waals surface area contributed by atoms with Gasteiger partial charge in [-0.25, -0.2) is 9.50 Å². The van der Waals surface area contributed by atoms with Crippen LogP contribution in [0.2, 0.25) is 0 Å². The molecule has 1 unspecified atom stereocenters. The number of rotatable bonds is 3. The van der Waals surface area contributed by atoms with E-state index >= 15 is 0 Å². The first-order chi connectivity index (χ1) is 12.0. The quantitative estimate of drug-likeness (QED) is 0.737. The number of nitrogens with one attached hydrogen (secondary N) is 2. The molecular weight excluding hydrogens is 320 g/mol.